The molecule has 30 heavy (non-hydrogen) atoms. The SMILES string of the molecule is CCCCCCCCCC(=O)n1c(O)c(C(=O)c2ccccc2O)c2ccccc21. The number of aromatic nitrogens is 1. The first-order chi connectivity index (χ1) is 14.6. The van der Waals surface area contributed by atoms with Crippen molar-refractivity contribution in [3.8, 4) is 11.6 Å². The number of benzene rings is 2. The number of carbonyl (C=O) groups is 2. The van der Waals surface area contributed by atoms with Crippen LogP contribution in [0.5, 0.6) is 11.6 Å². The summed E-state index contributed by atoms with van der Waals surface area (Å²) in [5.74, 6) is -1.26. The van der Waals surface area contributed by atoms with E-state index in [-0.39, 0.29) is 28.7 Å². The number of carbonyl (C=O) groups excluding carboxylic acids is 2. The van der Waals surface area contributed by atoms with Gasteiger partial charge >= 0.3 is 0 Å². The zero-order valence-electron chi connectivity index (χ0n) is 17.4. The molecule has 0 spiro atoms. The predicted molar refractivity (Wildman–Crippen MR) is 118 cm³/mol. The number of hydrogen-bond acceptors (Lipinski definition) is 4. The summed E-state index contributed by atoms with van der Waals surface area (Å²) in [5.41, 5.74) is 0.636. The van der Waals surface area contributed by atoms with Gasteiger partial charge in [-0.25, -0.2) is 4.57 Å². The molecule has 158 valence electrons. The summed E-state index contributed by atoms with van der Waals surface area (Å²) in [6.07, 6.45) is 7.99. The van der Waals surface area contributed by atoms with Crippen molar-refractivity contribution in [3.05, 3.63) is 59.7 Å². The highest BCUT2D eigenvalue weighted by Gasteiger charge is 2.27. The van der Waals surface area contributed by atoms with Crippen molar-refractivity contribution in [2.24, 2.45) is 0 Å². The smallest absolute Gasteiger partial charge is 0.233 e. The molecule has 0 saturated carbocycles. The number of fused-ring (bicyclic) bond motifs is 1. The molecule has 0 amide bonds. The second-order valence-corrected chi connectivity index (χ2v) is 7.66. The summed E-state index contributed by atoms with van der Waals surface area (Å²) in [6, 6.07) is 13.2. The lowest BCUT2D eigenvalue weighted by molar-refractivity contribution is 0.0895. The van der Waals surface area contributed by atoms with Crippen molar-refractivity contribution in [2.75, 3.05) is 0 Å². The number of ketones is 1. The Balaban J connectivity index is 1.83. The molecule has 3 rings (SSSR count). The molecule has 1 aromatic heterocycles. The topological polar surface area (TPSA) is 79.5 Å². The molecular formula is C25H29NO4. The molecule has 5 heteroatoms. The van der Waals surface area contributed by atoms with Crippen LogP contribution >= 0.6 is 0 Å². The maximum Gasteiger partial charge on any atom is 0.233 e. The standard InChI is InChI=1S/C25H29NO4/c1-2-3-4-5-6-7-8-17-22(28)26-20-15-11-9-13-18(20)23(25(26)30)24(29)19-14-10-12-16-21(19)27/h9-16,27,30H,2-8,17H2,1H3. The van der Waals surface area contributed by atoms with Crippen LogP contribution in [0, 0.1) is 0 Å². The third-order valence-corrected chi connectivity index (χ3v) is 5.47. The van der Waals surface area contributed by atoms with E-state index in [1.54, 1.807) is 36.4 Å². The molecule has 0 bridgehead atoms. The second kappa shape index (κ2) is 10.1. The van der Waals surface area contributed by atoms with Crippen LogP contribution in [0.4, 0.5) is 0 Å². The summed E-state index contributed by atoms with van der Waals surface area (Å²) < 4.78 is 1.24. The lowest BCUT2D eigenvalue weighted by atomic mass is 10.0. The minimum atomic E-state index is -0.510. The molecule has 2 aromatic carbocycles. The molecular weight excluding hydrogens is 378 g/mol. The van der Waals surface area contributed by atoms with Crippen molar-refractivity contribution in [2.45, 2.75) is 58.3 Å². The van der Waals surface area contributed by atoms with Gasteiger partial charge in [0.1, 0.15) is 5.75 Å². The van der Waals surface area contributed by atoms with E-state index in [1.807, 2.05) is 0 Å². The number of rotatable bonds is 10. The number of aromatic hydroxyl groups is 2. The first-order valence-corrected chi connectivity index (χ1v) is 10.7. The zero-order chi connectivity index (χ0) is 21.5. The maximum atomic E-state index is 13.1. The van der Waals surface area contributed by atoms with Gasteiger partial charge in [0.25, 0.3) is 0 Å². The summed E-state index contributed by atoms with van der Waals surface area (Å²) in [5, 5.41) is 21.4. The van der Waals surface area contributed by atoms with Crippen LogP contribution in [-0.2, 0) is 0 Å². The van der Waals surface area contributed by atoms with Crippen LogP contribution in [0.1, 0.15) is 79.0 Å². The van der Waals surface area contributed by atoms with Crippen molar-refractivity contribution in [1.82, 2.24) is 4.57 Å². The van der Waals surface area contributed by atoms with E-state index in [2.05, 4.69) is 6.92 Å². The molecule has 0 radical (unpaired) electrons. The van der Waals surface area contributed by atoms with Crippen LogP contribution in [0.25, 0.3) is 10.9 Å². The molecule has 0 saturated heterocycles. The summed E-state index contributed by atoms with van der Waals surface area (Å²) >= 11 is 0. The molecule has 3 aromatic rings. The quantitative estimate of drug-likeness (QED) is 0.316. The Hall–Kier alpha value is -3.08. The average molecular weight is 408 g/mol. The Morgan fingerprint density at radius 3 is 2.20 bits per heavy atom. The van der Waals surface area contributed by atoms with E-state index in [0.717, 1.165) is 19.3 Å². The lowest BCUT2D eigenvalue weighted by Gasteiger charge is -2.07. The predicted octanol–water partition coefficient (Wildman–Crippen LogP) is 6.06. The van der Waals surface area contributed by atoms with E-state index >= 15 is 0 Å². The third-order valence-electron chi connectivity index (χ3n) is 5.47. The van der Waals surface area contributed by atoms with Gasteiger partial charge in [-0.05, 0) is 24.6 Å². The van der Waals surface area contributed by atoms with E-state index in [9.17, 15) is 19.8 Å². The number of phenols is 1. The van der Waals surface area contributed by atoms with Crippen LogP contribution in [-0.4, -0.2) is 26.5 Å². The summed E-state index contributed by atoms with van der Waals surface area (Å²) in [4.78, 5) is 26.0. The molecule has 0 aliphatic rings. The Kier molecular flexibility index (Phi) is 7.28. The molecule has 5 nitrogen and oxygen atoms in total. The number of phenolic OH excluding ortho intramolecular Hbond substituents is 1. The molecule has 2 N–H and O–H groups in total. The fraction of sp³-hybridized carbons (Fsp3) is 0.360. The lowest BCUT2D eigenvalue weighted by Crippen LogP contribution is -2.10. The van der Waals surface area contributed by atoms with Crippen molar-refractivity contribution < 1.29 is 19.8 Å². The second-order valence-electron chi connectivity index (χ2n) is 7.66. The summed E-state index contributed by atoms with van der Waals surface area (Å²) in [7, 11) is 0. The molecule has 0 unspecified atom stereocenters. The van der Waals surface area contributed by atoms with Crippen molar-refractivity contribution in [3.63, 3.8) is 0 Å². The van der Waals surface area contributed by atoms with Gasteiger partial charge in [-0.15, -0.1) is 0 Å². The van der Waals surface area contributed by atoms with Crippen LogP contribution in [0.2, 0.25) is 0 Å². The molecule has 0 atom stereocenters. The first-order valence-electron chi connectivity index (χ1n) is 10.7. The molecule has 0 aliphatic carbocycles. The summed E-state index contributed by atoms with van der Waals surface area (Å²) in [6.45, 7) is 2.19. The highest BCUT2D eigenvalue weighted by Crippen LogP contribution is 2.35. The number of nitrogens with zero attached hydrogens (tertiary/aromatic N) is 1. The largest absolute Gasteiger partial charge is 0.507 e. The minimum absolute atomic E-state index is 0.0417. The molecule has 0 aliphatic heterocycles. The highest BCUT2D eigenvalue weighted by atomic mass is 16.3. The highest BCUT2D eigenvalue weighted by molar-refractivity contribution is 6.20. The number of unbranched alkanes of at least 4 members (excludes halogenated alkanes) is 6. The van der Waals surface area contributed by atoms with Crippen LogP contribution in [0.3, 0.4) is 0 Å². The van der Waals surface area contributed by atoms with E-state index in [0.29, 0.717) is 17.3 Å². The third kappa shape index (κ3) is 4.56. The fourth-order valence-corrected chi connectivity index (χ4v) is 3.85. The fourth-order valence-electron chi connectivity index (χ4n) is 3.85. The van der Waals surface area contributed by atoms with Gasteiger partial charge in [-0.1, -0.05) is 75.8 Å². The van der Waals surface area contributed by atoms with Crippen molar-refractivity contribution >= 4 is 22.6 Å². The van der Waals surface area contributed by atoms with Crippen LogP contribution < -0.4 is 0 Å². The van der Waals surface area contributed by atoms with Gasteiger partial charge in [0.2, 0.25) is 17.6 Å². The normalized spacial score (nSPS) is 11.1. The Labute approximate surface area is 177 Å². The van der Waals surface area contributed by atoms with Gasteiger partial charge in [0, 0.05) is 11.8 Å². The molecule has 1 heterocycles. The number of hydrogen-bond donors (Lipinski definition) is 2. The van der Waals surface area contributed by atoms with Gasteiger partial charge in [-0.2, -0.15) is 0 Å². The van der Waals surface area contributed by atoms with E-state index in [1.165, 1.54) is 42.4 Å². The van der Waals surface area contributed by atoms with Gasteiger partial charge in [0.05, 0.1) is 16.6 Å². The van der Waals surface area contributed by atoms with E-state index in [4.69, 9.17) is 0 Å². The Morgan fingerprint density at radius 1 is 0.833 bits per heavy atom. The zero-order valence-corrected chi connectivity index (χ0v) is 17.4. The maximum absolute atomic E-state index is 13.1. The van der Waals surface area contributed by atoms with Gasteiger partial charge in [-0.3, -0.25) is 9.59 Å². The minimum Gasteiger partial charge on any atom is -0.507 e. The van der Waals surface area contributed by atoms with Crippen molar-refractivity contribution in [1.29, 1.82) is 0 Å². The molecule has 0 fully saturated rings. The van der Waals surface area contributed by atoms with Crippen LogP contribution in [0.15, 0.2) is 48.5 Å². The Bertz CT molecular complexity index is 1030. The first kappa shape index (κ1) is 21.6. The monoisotopic (exact) mass is 407 g/mol. The van der Waals surface area contributed by atoms with Gasteiger partial charge in [0.15, 0.2) is 0 Å². The Morgan fingerprint density at radius 2 is 1.47 bits per heavy atom. The van der Waals surface area contributed by atoms with E-state index < -0.39 is 5.78 Å². The van der Waals surface area contributed by atoms with Gasteiger partial charge < -0.3 is 10.2 Å². The average Bonchev–Trinajstić information content (AvgIpc) is 3.04. The number of para-hydroxylation sites is 2.